The Hall–Kier alpha value is -3.98. The third-order valence-corrected chi connectivity index (χ3v) is 8.46. The number of Topliss-reactive ketones (excluding diaryl/α,β-unsaturated/α-hetero) is 2. The lowest BCUT2D eigenvalue weighted by molar-refractivity contribution is -0.138. The molecule has 2 aromatic heterocycles. The molecule has 1 aliphatic carbocycles. The molecule has 0 bridgehead atoms. The molecule has 2 aliphatic rings. The number of likely N-dealkylation sites (tertiary alicyclic amines) is 1. The highest BCUT2D eigenvalue weighted by atomic mass is 35.5. The molecule has 8 nitrogen and oxygen atoms in total. The van der Waals surface area contributed by atoms with Gasteiger partial charge in [0.2, 0.25) is 5.91 Å². The van der Waals surface area contributed by atoms with E-state index in [2.05, 4.69) is 15.1 Å². The summed E-state index contributed by atoms with van der Waals surface area (Å²) < 4.78 is 16.0. The highest BCUT2D eigenvalue weighted by Crippen LogP contribution is 2.51. The molecule has 4 aromatic rings. The Morgan fingerprint density at radius 3 is 2.54 bits per heavy atom. The fraction of sp³-hybridized carbons (Fsp3) is 0.355. The van der Waals surface area contributed by atoms with Gasteiger partial charge in [0.25, 0.3) is 0 Å². The Morgan fingerprint density at radius 1 is 1.05 bits per heavy atom. The highest BCUT2D eigenvalue weighted by molar-refractivity contribution is 6.31. The van der Waals surface area contributed by atoms with Gasteiger partial charge in [-0.1, -0.05) is 35.9 Å². The molecule has 41 heavy (non-hydrogen) atoms. The summed E-state index contributed by atoms with van der Waals surface area (Å²) in [6, 6.07) is 12.3. The lowest BCUT2D eigenvalue weighted by Gasteiger charge is -2.23. The predicted molar refractivity (Wildman–Crippen MR) is 152 cm³/mol. The molecule has 210 valence electrons. The molecule has 2 fully saturated rings. The van der Waals surface area contributed by atoms with Crippen LogP contribution in [0.4, 0.5) is 4.39 Å². The van der Waals surface area contributed by atoms with Crippen molar-refractivity contribution in [1.82, 2.24) is 24.6 Å². The van der Waals surface area contributed by atoms with Crippen molar-refractivity contribution in [3.8, 4) is 11.1 Å². The smallest absolute Gasteiger partial charge is 0.245 e. The normalized spacial score (nSPS) is 21.8. The van der Waals surface area contributed by atoms with E-state index in [1.165, 1.54) is 16.5 Å². The van der Waals surface area contributed by atoms with E-state index in [1.54, 1.807) is 25.4 Å². The maximum absolute atomic E-state index is 14.6. The summed E-state index contributed by atoms with van der Waals surface area (Å²) in [7, 11) is 0. The van der Waals surface area contributed by atoms with Crippen LogP contribution in [0.1, 0.15) is 54.0 Å². The van der Waals surface area contributed by atoms with Crippen LogP contribution in [-0.4, -0.2) is 60.9 Å². The molecule has 0 radical (unpaired) electrons. The summed E-state index contributed by atoms with van der Waals surface area (Å²) in [4.78, 5) is 49.1. The van der Waals surface area contributed by atoms with Crippen LogP contribution in [0.25, 0.3) is 22.0 Å². The third kappa shape index (κ3) is 5.38. The van der Waals surface area contributed by atoms with E-state index in [1.807, 2.05) is 36.4 Å². The number of aryl methyl sites for hydroxylation is 1. The SMILES string of the molecule is CC(=O)c1nn(CC(=O)N2C[C@H](F)C[C@H]2C(=O)CC2C[C@H]2c2ccccc2Cl)c2ccc(-c3cnc(C)nc3)cc12. The summed E-state index contributed by atoms with van der Waals surface area (Å²) >= 11 is 6.33. The molecule has 4 atom stereocenters. The number of nitrogens with zero attached hydrogens (tertiary/aromatic N) is 5. The van der Waals surface area contributed by atoms with Gasteiger partial charge in [0.1, 0.15) is 24.2 Å². The van der Waals surface area contributed by atoms with Crippen LogP contribution < -0.4 is 0 Å². The van der Waals surface area contributed by atoms with Gasteiger partial charge in [-0.2, -0.15) is 5.10 Å². The zero-order chi connectivity index (χ0) is 28.8. The summed E-state index contributed by atoms with van der Waals surface area (Å²) in [6.07, 6.45) is 3.27. The molecular weight excluding hydrogens is 545 g/mol. The lowest BCUT2D eigenvalue weighted by Crippen LogP contribution is -2.42. The number of halogens is 2. The largest absolute Gasteiger partial charge is 0.328 e. The average molecular weight is 574 g/mol. The van der Waals surface area contributed by atoms with Gasteiger partial charge in [-0.15, -0.1) is 0 Å². The van der Waals surface area contributed by atoms with Gasteiger partial charge in [0.05, 0.1) is 18.1 Å². The van der Waals surface area contributed by atoms with Gasteiger partial charge in [0.15, 0.2) is 11.6 Å². The molecule has 1 aliphatic heterocycles. The Morgan fingerprint density at radius 2 is 1.80 bits per heavy atom. The summed E-state index contributed by atoms with van der Waals surface area (Å²) in [5.74, 6) is 0.220. The number of hydrogen-bond acceptors (Lipinski definition) is 6. The topological polar surface area (TPSA) is 98.1 Å². The van der Waals surface area contributed by atoms with Gasteiger partial charge in [-0.05, 0) is 54.5 Å². The minimum Gasteiger partial charge on any atom is -0.328 e. The van der Waals surface area contributed by atoms with E-state index in [0.717, 1.165) is 23.1 Å². The van der Waals surface area contributed by atoms with E-state index in [4.69, 9.17) is 11.6 Å². The van der Waals surface area contributed by atoms with Crippen LogP contribution in [0.15, 0.2) is 54.9 Å². The summed E-state index contributed by atoms with van der Waals surface area (Å²) in [5, 5.41) is 5.73. The van der Waals surface area contributed by atoms with Crippen molar-refractivity contribution in [1.29, 1.82) is 0 Å². The first-order valence-corrected chi connectivity index (χ1v) is 14.1. The summed E-state index contributed by atoms with van der Waals surface area (Å²) in [6.45, 7) is 2.88. The highest BCUT2D eigenvalue weighted by Gasteiger charge is 2.45. The van der Waals surface area contributed by atoms with Crippen molar-refractivity contribution in [3.05, 3.63) is 77.0 Å². The van der Waals surface area contributed by atoms with Crippen LogP contribution in [0.5, 0.6) is 0 Å². The number of rotatable bonds is 8. The molecule has 3 heterocycles. The zero-order valence-electron chi connectivity index (χ0n) is 22.8. The van der Waals surface area contributed by atoms with E-state index in [9.17, 15) is 18.8 Å². The Kier molecular flexibility index (Phi) is 7.15. The van der Waals surface area contributed by atoms with Gasteiger partial charge < -0.3 is 4.90 Å². The molecule has 0 N–H and O–H groups in total. The first-order valence-electron chi connectivity index (χ1n) is 13.7. The molecule has 1 unspecified atom stereocenters. The van der Waals surface area contributed by atoms with Crippen molar-refractivity contribution < 1.29 is 18.8 Å². The lowest BCUT2D eigenvalue weighted by atomic mass is 10.0. The van der Waals surface area contributed by atoms with Crippen LogP contribution in [-0.2, 0) is 16.1 Å². The van der Waals surface area contributed by atoms with Gasteiger partial charge in [-0.3, -0.25) is 19.1 Å². The third-order valence-electron chi connectivity index (χ3n) is 8.12. The van der Waals surface area contributed by atoms with E-state index < -0.39 is 18.1 Å². The number of benzene rings is 2. The van der Waals surface area contributed by atoms with Crippen LogP contribution in [0.2, 0.25) is 5.02 Å². The fourth-order valence-corrected chi connectivity index (χ4v) is 6.17. The first kappa shape index (κ1) is 27.2. The molecular formula is C31H29ClFN5O3. The Balaban J connectivity index is 1.20. The monoisotopic (exact) mass is 573 g/mol. The number of ketones is 2. The second-order valence-corrected chi connectivity index (χ2v) is 11.4. The molecule has 6 rings (SSSR count). The van der Waals surface area contributed by atoms with Gasteiger partial charge in [0, 0.05) is 48.1 Å². The Labute approximate surface area is 241 Å². The van der Waals surface area contributed by atoms with Crippen molar-refractivity contribution in [2.75, 3.05) is 6.54 Å². The van der Waals surface area contributed by atoms with Crippen molar-refractivity contribution >= 4 is 40.0 Å². The quantitative estimate of drug-likeness (QED) is 0.263. The number of hydrogen-bond donors (Lipinski definition) is 0. The van der Waals surface area contributed by atoms with Gasteiger partial charge in [-0.25, -0.2) is 14.4 Å². The van der Waals surface area contributed by atoms with Crippen molar-refractivity contribution in [2.45, 2.75) is 57.8 Å². The van der Waals surface area contributed by atoms with E-state index in [0.29, 0.717) is 21.7 Å². The minimum absolute atomic E-state index is 0.00537. The molecule has 10 heteroatoms. The van der Waals surface area contributed by atoms with Crippen LogP contribution in [0.3, 0.4) is 0 Å². The number of amides is 1. The number of fused-ring (bicyclic) bond motifs is 1. The van der Waals surface area contributed by atoms with Crippen molar-refractivity contribution in [3.63, 3.8) is 0 Å². The molecule has 0 spiro atoms. The maximum atomic E-state index is 14.6. The standard InChI is InChI=1S/C31H29ClFN5O3/c1-17(39)31-25-9-19(21-13-34-18(2)35-14-21)7-8-27(25)38(36-31)16-30(41)37-15-22(33)12-28(37)29(40)11-20-10-24(20)23-5-3-4-6-26(23)32/h3-9,13-14,20,22,24,28H,10-12,15-16H2,1-2H3/t20?,22-,24-,28+/m1/s1. The maximum Gasteiger partial charge on any atom is 0.245 e. The zero-order valence-corrected chi connectivity index (χ0v) is 23.5. The first-order chi connectivity index (χ1) is 19.7. The molecule has 1 saturated heterocycles. The number of alkyl halides is 1. The fourth-order valence-electron chi connectivity index (χ4n) is 5.89. The van der Waals surface area contributed by atoms with E-state index in [-0.39, 0.29) is 55.0 Å². The molecule has 1 amide bonds. The van der Waals surface area contributed by atoms with Crippen molar-refractivity contribution in [2.24, 2.45) is 5.92 Å². The second kappa shape index (κ2) is 10.8. The van der Waals surface area contributed by atoms with Crippen LogP contribution >= 0.6 is 11.6 Å². The average Bonchev–Trinajstić information content (AvgIpc) is 3.43. The van der Waals surface area contributed by atoms with Crippen LogP contribution in [0, 0.1) is 12.8 Å². The minimum atomic E-state index is -1.27. The number of carbonyl (C=O) groups is 3. The number of aromatic nitrogens is 4. The molecule has 1 saturated carbocycles. The second-order valence-electron chi connectivity index (χ2n) is 11.0. The molecule has 2 aromatic carbocycles. The number of carbonyl (C=O) groups excluding carboxylic acids is 3. The predicted octanol–water partition coefficient (Wildman–Crippen LogP) is 5.36. The van der Waals surface area contributed by atoms with E-state index >= 15 is 0 Å². The van der Waals surface area contributed by atoms with Gasteiger partial charge >= 0.3 is 0 Å². The Bertz CT molecular complexity index is 1670. The summed E-state index contributed by atoms with van der Waals surface area (Å²) in [5.41, 5.74) is 3.46.